The molecule has 0 aliphatic carbocycles. The third-order valence-corrected chi connectivity index (χ3v) is 5.96. The van der Waals surface area contributed by atoms with Crippen LogP contribution in [0.4, 0.5) is 11.4 Å². The Bertz CT molecular complexity index is 907. The van der Waals surface area contributed by atoms with Crippen molar-refractivity contribution in [2.75, 3.05) is 18.6 Å². The zero-order chi connectivity index (χ0) is 16.1. The maximum Gasteiger partial charge on any atom is 0.121 e. The number of nitrogens with zero attached hydrogens (tertiary/aromatic N) is 3. The zero-order valence-corrected chi connectivity index (χ0v) is 14.2. The average Bonchev–Trinajstić information content (AvgIpc) is 3.16. The number of methoxy groups -OCH3 is 1. The van der Waals surface area contributed by atoms with Gasteiger partial charge in [0.15, 0.2) is 0 Å². The topological polar surface area (TPSA) is 30.3 Å². The molecule has 120 valence electrons. The van der Waals surface area contributed by atoms with Gasteiger partial charge in [-0.25, -0.2) is 4.98 Å². The van der Waals surface area contributed by atoms with Crippen molar-refractivity contribution in [2.24, 2.45) is 0 Å². The molecular weight excluding hydrogens is 318 g/mol. The van der Waals surface area contributed by atoms with Crippen LogP contribution in [0.25, 0.3) is 0 Å². The van der Waals surface area contributed by atoms with Crippen molar-refractivity contribution >= 4 is 23.1 Å². The molecule has 0 saturated carbocycles. The van der Waals surface area contributed by atoms with E-state index in [0.717, 1.165) is 18.7 Å². The van der Waals surface area contributed by atoms with E-state index in [-0.39, 0.29) is 0 Å². The van der Waals surface area contributed by atoms with Gasteiger partial charge in [-0.15, -0.1) is 0 Å². The summed E-state index contributed by atoms with van der Waals surface area (Å²) in [6, 6.07) is 13.4. The summed E-state index contributed by atoms with van der Waals surface area (Å²) in [5.74, 6) is 0.909. The van der Waals surface area contributed by atoms with Crippen molar-refractivity contribution in [3.63, 3.8) is 0 Å². The fourth-order valence-corrected chi connectivity index (χ4v) is 4.86. The lowest BCUT2D eigenvalue weighted by atomic mass is 9.95. The quantitative estimate of drug-likeness (QED) is 0.690. The molecule has 1 unspecified atom stereocenters. The molecule has 4 nitrogen and oxygen atoms in total. The fourth-order valence-electron chi connectivity index (χ4n) is 3.74. The maximum atomic E-state index is 5.44. The first kappa shape index (κ1) is 14.0. The summed E-state index contributed by atoms with van der Waals surface area (Å²) in [5, 5.41) is 0. The van der Waals surface area contributed by atoms with Crippen LogP contribution in [0, 0.1) is 0 Å². The van der Waals surface area contributed by atoms with Crippen LogP contribution >= 0.6 is 11.8 Å². The minimum atomic E-state index is 0.353. The predicted octanol–water partition coefficient (Wildman–Crippen LogP) is 4.49. The van der Waals surface area contributed by atoms with Crippen LogP contribution in [-0.4, -0.2) is 23.2 Å². The maximum absolute atomic E-state index is 5.44. The van der Waals surface area contributed by atoms with Crippen LogP contribution in [0.2, 0.25) is 0 Å². The number of benzene rings is 2. The number of hydrogen-bond acceptors (Lipinski definition) is 4. The third-order valence-electron chi connectivity index (χ3n) is 4.85. The van der Waals surface area contributed by atoms with E-state index < -0.39 is 0 Å². The molecular formula is C19H17N3OS. The molecule has 0 fully saturated rings. The molecule has 3 heterocycles. The van der Waals surface area contributed by atoms with Gasteiger partial charge in [-0.3, -0.25) is 0 Å². The molecule has 2 aliphatic heterocycles. The first-order chi connectivity index (χ1) is 11.8. The fraction of sp³-hybridized carbons (Fsp3) is 0.211. The van der Waals surface area contributed by atoms with Crippen LogP contribution in [-0.2, 0) is 0 Å². The molecule has 2 aromatic carbocycles. The summed E-state index contributed by atoms with van der Waals surface area (Å²) in [6.45, 7) is 0.994. The highest BCUT2D eigenvalue weighted by Gasteiger charge is 2.33. The van der Waals surface area contributed by atoms with Crippen molar-refractivity contribution in [3.05, 3.63) is 60.7 Å². The Kier molecular flexibility index (Phi) is 3.10. The van der Waals surface area contributed by atoms with Gasteiger partial charge < -0.3 is 14.2 Å². The lowest BCUT2D eigenvalue weighted by molar-refractivity contribution is 0.414. The van der Waals surface area contributed by atoms with E-state index in [1.807, 2.05) is 30.4 Å². The minimum absolute atomic E-state index is 0.353. The average molecular weight is 335 g/mol. The number of ether oxygens (including phenoxy) is 1. The largest absolute Gasteiger partial charge is 0.497 e. The van der Waals surface area contributed by atoms with E-state index in [9.17, 15) is 0 Å². The summed E-state index contributed by atoms with van der Waals surface area (Å²) in [7, 11) is 1.72. The molecule has 5 heteroatoms. The third kappa shape index (κ3) is 1.97. The van der Waals surface area contributed by atoms with E-state index in [2.05, 4.69) is 51.0 Å². The molecule has 0 radical (unpaired) electrons. The van der Waals surface area contributed by atoms with Gasteiger partial charge in [0.05, 0.1) is 30.9 Å². The normalized spacial score (nSPS) is 18.0. The van der Waals surface area contributed by atoms with E-state index >= 15 is 0 Å². The Labute approximate surface area is 145 Å². The zero-order valence-electron chi connectivity index (χ0n) is 13.3. The molecule has 2 aliphatic rings. The standard InChI is InChI=1S/C19H17N3OS/c1-23-13-5-6-17-16(11-13)22-9-7-15(21-10-8-20-12-21)14-3-2-4-18(24-17)19(14)22/h2-6,8,10-12,15H,7,9H2,1H3. The van der Waals surface area contributed by atoms with Gasteiger partial charge in [0.1, 0.15) is 5.75 Å². The molecule has 1 aromatic heterocycles. The first-order valence-corrected chi connectivity index (χ1v) is 8.90. The number of rotatable bonds is 2. The van der Waals surface area contributed by atoms with Gasteiger partial charge in [-0.2, -0.15) is 0 Å². The van der Waals surface area contributed by atoms with Crippen LogP contribution in [0.1, 0.15) is 18.0 Å². The number of imidazole rings is 1. The van der Waals surface area contributed by atoms with E-state index in [0.29, 0.717) is 6.04 Å². The molecule has 24 heavy (non-hydrogen) atoms. The highest BCUT2D eigenvalue weighted by molar-refractivity contribution is 7.99. The van der Waals surface area contributed by atoms with Crippen molar-refractivity contribution in [1.29, 1.82) is 0 Å². The number of aromatic nitrogens is 2. The molecule has 1 atom stereocenters. The highest BCUT2D eigenvalue weighted by atomic mass is 32.2. The molecule has 0 N–H and O–H groups in total. The van der Waals surface area contributed by atoms with Gasteiger partial charge in [0.2, 0.25) is 0 Å². The highest BCUT2D eigenvalue weighted by Crippen LogP contribution is 2.54. The Hall–Kier alpha value is -2.40. The van der Waals surface area contributed by atoms with Gasteiger partial charge >= 0.3 is 0 Å². The van der Waals surface area contributed by atoms with Gasteiger partial charge in [0.25, 0.3) is 0 Å². The second-order valence-corrected chi connectivity index (χ2v) is 7.18. The van der Waals surface area contributed by atoms with E-state index in [1.165, 1.54) is 26.7 Å². The van der Waals surface area contributed by atoms with Crippen molar-refractivity contribution in [2.45, 2.75) is 22.3 Å². The number of fused-ring (bicyclic) bond motifs is 2. The van der Waals surface area contributed by atoms with E-state index in [4.69, 9.17) is 4.74 Å². The Morgan fingerprint density at radius 1 is 1.21 bits per heavy atom. The number of para-hydroxylation sites is 1. The molecule has 0 amide bonds. The van der Waals surface area contributed by atoms with Crippen LogP contribution in [0.5, 0.6) is 5.75 Å². The van der Waals surface area contributed by atoms with Crippen LogP contribution in [0.3, 0.4) is 0 Å². The summed E-state index contributed by atoms with van der Waals surface area (Å²) in [4.78, 5) is 9.30. The Morgan fingerprint density at radius 2 is 2.17 bits per heavy atom. The second-order valence-electron chi connectivity index (χ2n) is 6.10. The van der Waals surface area contributed by atoms with Crippen molar-refractivity contribution < 1.29 is 4.74 Å². The SMILES string of the molecule is COc1ccc2c(c1)N1CCC(n3ccnc3)c3cccc(c31)S2. The smallest absolute Gasteiger partial charge is 0.121 e. The number of hydrogen-bond donors (Lipinski definition) is 0. The molecule has 0 bridgehead atoms. The first-order valence-electron chi connectivity index (χ1n) is 8.09. The number of anilines is 2. The molecule has 0 saturated heterocycles. The minimum Gasteiger partial charge on any atom is -0.497 e. The summed E-state index contributed by atoms with van der Waals surface area (Å²) < 4.78 is 7.66. The van der Waals surface area contributed by atoms with Crippen molar-refractivity contribution in [1.82, 2.24) is 9.55 Å². The monoisotopic (exact) mass is 335 g/mol. The van der Waals surface area contributed by atoms with Crippen LogP contribution in [0.15, 0.2) is 64.9 Å². The summed E-state index contributed by atoms with van der Waals surface area (Å²) >= 11 is 1.85. The summed E-state index contributed by atoms with van der Waals surface area (Å²) in [6.07, 6.45) is 6.91. The van der Waals surface area contributed by atoms with Crippen molar-refractivity contribution in [3.8, 4) is 5.75 Å². The second kappa shape index (κ2) is 5.31. The Morgan fingerprint density at radius 3 is 3.00 bits per heavy atom. The molecule has 5 rings (SSSR count). The van der Waals surface area contributed by atoms with Gasteiger partial charge in [-0.05, 0) is 30.2 Å². The lowest BCUT2D eigenvalue weighted by Crippen LogP contribution is -2.31. The predicted molar refractivity (Wildman–Crippen MR) is 95.5 cm³/mol. The molecule has 3 aromatic rings. The van der Waals surface area contributed by atoms with E-state index in [1.54, 1.807) is 7.11 Å². The lowest BCUT2D eigenvalue weighted by Gasteiger charge is -2.40. The van der Waals surface area contributed by atoms with Gasteiger partial charge in [0, 0.05) is 34.8 Å². The summed E-state index contributed by atoms with van der Waals surface area (Å²) in [5.41, 5.74) is 3.97. The van der Waals surface area contributed by atoms with Crippen LogP contribution < -0.4 is 9.64 Å². The van der Waals surface area contributed by atoms with Gasteiger partial charge in [-0.1, -0.05) is 23.9 Å². The Balaban J connectivity index is 1.68. The molecule has 0 spiro atoms.